The average Bonchev–Trinajstić information content (AvgIpc) is 2.88. The van der Waals surface area contributed by atoms with Crippen LogP contribution in [0.15, 0.2) is 29.1 Å². The molecular formula is C20H26ClN5O2. The second-order valence-corrected chi connectivity index (χ2v) is 7.96. The number of nitrogens with zero attached hydrogens (tertiary/aromatic N) is 5. The van der Waals surface area contributed by atoms with E-state index in [4.69, 9.17) is 11.6 Å². The Bertz CT molecular complexity index is 906. The fourth-order valence-corrected chi connectivity index (χ4v) is 4.22. The molecule has 0 spiro atoms. The van der Waals surface area contributed by atoms with Crippen molar-refractivity contribution in [1.29, 1.82) is 0 Å². The van der Waals surface area contributed by atoms with Crippen molar-refractivity contribution in [3.8, 4) is 0 Å². The van der Waals surface area contributed by atoms with Crippen LogP contribution < -0.4 is 5.69 Å². The van der Waals surface area contributed by atoms with Crippen molar-refractivity contribution in [2.75, 3.05) is 32.7 Å². The highest BCUT2D eigenvalue weighted by Gasteiger charge is 2.21. The van der Waals surface area contributed by atoms with Crippen molar-refractivity contribution < 1.29 is 4.79 Å². The Labute approximate surface area is 169 Å². The average molecular weight is 404 g/mol. The highest BCUT2D eigenvalue weighted by molar-refractivity contribution is 6.30. The van der Waals surface area contributed by atoms with Crippen molar-refractivity contribution in [3.63, 3.8) is 0 Å². The van der Waals surface area contributed by atoms with E-state index in [1.165, 1.54) is 0 Å². The lowest BCUT2D eigenvalue weighted by molar-refractivity contribution is 0.0761. The first-order valence-corrected chi connectivity index (χ1v) is 10.4. The number of aromatic nitrogens is 3. The van der Waals surface area contributed by atoms with Gasteiger partial charge in [0.15, 0.2) is 0 Å². The fourth-order valence-electron chi connectivity index (χ4n) is 4.03. The molecule has 7 nitrogen and oxygen atoms in total. The van der Waals surface area contributed by atoms with Crippen LogP contribution in [-0.2, 0) is 19.5 Å². The molecule has 2 aliphatic heterocycles. The van der Waals surface area contributed by atoms with Crippen LogP contribution in [0, 0.1) is 0 Å². The topological polar surface area (TPSA) is 63.4 Å². The zero-order chi connectivity index (χ0) is 19.5. The lowest BCUT2D eigenvalue weighted by Crippen LogP contribution is -2.37. The molecule has 0 unspecified atom stereocenters. The first-order valence-electron chi connectivity index (χ1n) is 10.1. The number of carbonyl (C=O) groups is 1. The van der Waals surface area contributed by atoms with Gasteiger partial charge in [-0.05, 0) is 44.0 Å². The first-order chi connectivity index (χ1) is 13.6. The van der Waals surface area contributed by atoms with Gasteiger partial charge in [-0.2, -0.15) is 5.10 Å². The van der Waals surface area contributed by atoms with E-state index in [9.17, 15) is 9.59 Å². The van der Waals surface area contributed by atoms with Gasteiger partial charge in [-0.3, -0.25) is 14.3 Å². The number of aryl methyl sites for hydroxylation is 1. The van der Waals surface area contributed by atoms with Crippen molar-refractivity contribution in [2.45, 2.75) is 38.8 Å². The summed E-state index contributed by atoms with van der Waals surface area (Å²) in [5, 5.41) is 5.09. The molecule has 150 valence electrons. The van der Waals surface area contributed by atoms with E-state index in [1.807, 2.05) is 21.6 Å². The van der Waals surface area contributed by atoms with Crippen LogP contribution in [0.25, 0.3) is 0 Å². The van der Waals surface area contributed by atoms with Crippen LogP contribution >= 0.6 is 11.6 Å². The molecule has 1 aromatic carbocycles. The zero-order valence-electron chi connectivity index (χ0n) is 16.0. The van der Waals surface area contributed by atoms with Crippen LogP contribution in [-0.4, -0.2) is 62.8 Å². The molecule has 0 atom stereocenters. The van der Waals surface area contributed by atoms with E-state index < -0.39 is 0 Å². The summed E-state index contributed by atoms with van der Waals surface area (Å²) in [7, 11) is 0. The summed E-state index contributed by atoms with van der Waals surface area (Å²) in [4.78, 5) is 29.4. The normalized spacial score (nSPS) is 18.0. The van der Waals surface area contributed by atoms with E-state index in [1.54, 1.807) is 16.8 Å². The molecule has 1 saturated heterocycles. The molecule has 1 fully saturated rings. The molecule has 0 saturated carbocycles. The zero-order valence-corrected chi connectivity index (χ0v) is 16.8. The predicted octanol–water partition coefficient (Wildman–Crippen LogP) is 1.88. The monoisotopic (exact) mass is 403 g/mol. The largest absolute Gasteiger partial charge is 0.345 e. The first kappa shape index (κ1) is 19.2. The Morgan fingerprint density at radius 1 is 1.04 bits per heavy atom. The molecule has 2 aliphatic rings. The van der Waals surface area contributed by atoms with Gasteiger partial charge in [-0.15, -0.1) is 0 Å². The number of rotatable bonds is 4. The summed E-state index contributed by atoms with van der Waals surface area (Å²) in [5.41, 5.74) is 0.651. The lowest BCUT2D eigenvalue weighted by Gasteiger charge is -2.22. The van der Waals surface area contributed by atoms with Crippen LogP contribution in [0.5, 0.6) is 0 Å². The number of benzene rings is 1. The molecule has 28 heavy (non-hydrogen) atoms. The maximum absolute atomic E-state index is 12.7. The molecular weight excluding hydrogens is 378 g/mol. The summed E-state index contributed by atoms with van der Waals surface area (Å²) in [5.74, 6) is 0.952. The van der Waals surface area contributed by atoms with Crippen LogP contribution in [0.1, 0.15) is 35.4 Å². The van der Waals surface area contributed by atoms with Crippen LogP contribution in [0.3, 0.4) is 0 Å². The van der Waals surface area contributed by atoms with Gasteiger partial charge in [-0.25, -0.2) is 9.48 Å². The van der Waals surface area contributed by atoms with Gasteiger partial charge < -0.3 is 4.90 Å². The molecule has 0 radical (unpaired) electrons. The standard InChI is InChI=1S/C20H26ClN5O2/c21-17-6-3-5-16(15-17)19(27)24-9-4-8-23(11-13-24)12-14-26-20(28)25-10-2-1-7-18(25)22-26/h3,5-6,15H,1-2,4,7-14H2. The Kier molecular flexibility index (Phi) is 5.82. The van der Waals surface area contributed by atoms with Crippen molar-refractivity contribution in [1.82, 2.24) is 24.1 Å². The van der Waals surface area contributed by atoms with E-state index in [0.717, 1.165) is 64.2 Å². The molecule has 2 aromatic rings. The predicted molar refractivity (Wildman–Crippen MR) is 108 cm³/mol. The van der Waals surface area contributed by atoms with E-state index in [0.29, 0.717) is 23.7 Å². The van der Waals surface area contributed by atoms with Crippen molar-refractivity contribution in [2.24, 2.45) is 0 Å². The molecule has 4 rings (SSSR count). The Morgan fingerprint density at radius 2 is 1.93 bits per heavy atom. The van der Waals surface area contributed by atoms with Gasteiger partial charge in [0.25, 0.3) is 5.91 Å². The third-order valence-corrected chi connectivity index (χ3v) is 5.84. The van der Waals surface area contributed by atoms with Gasteiger partial charge in [0.2, 0.25) is 0 Å². The smallest absolute Gasteiger partial charge is 0.337 e. The van der Waals surface area contributed by atoms with Crippen LogP contribution in [0.4, 0.5) is 0 Å². The summed E-state index contributed by atoms with van der Waals surface area (Å²) >= 11 is 6.02. The molecule has 3 heterocycles. The number of amides is 1. The number of carbonyl (C=O) groups excluding carboxylic acids is 1. The molecule has 1 amide bonds. The number of halogens is 1. The van der Waals surface area contributed by atoms with Gasteiger partial charge in [0.1, 0.15) is 5.82 Å². The second-order valence-electron chi connectivity index (χ2n) is 7.53. The minimum Gasteiger partial charge on any atom is -0.337 e. The summed E-state index contributed by atoms with van der Waals surface area (Å²) in [6, 6.07) is 7.11. The second kappa shape index (κ2) is 8.49. The minimum absolute atomic E-state index is 0.0160. The quantitative estimate of drug-likeness (QED) is 0.782. The van der Waals surface area contributed by atoms with Gasteiger partial charge in [-0.1, -0.05) is 17.7 Å². The van der Waals surface area contributed by atoms with Crippen molar-refractivity contribution >= 4 is 17.5 Å². The minimum atomic E-state index is 0.0160. The summed E-state index contributed by atoms with van der Waals surface area (Å²) in [6.07, 6.45) is 3.98. The third-order valence-electron chi connectivity index (χ3n) is 5.61. The van der Waals surface area contributed by atoms with E-state index in [2.05, 4.69) is 10.00 Å². The number of hydrogen-bond acceptors (Lipinski definition) is 4. The highest BCUT2D eigenvalue weighted by Crippen LogP contribution is 2.14. The molecule has 0 aliphatic carbocycles. The number of fused-ring (bicyclic) bond motifs is 1. The lowest BCUT2D eigenvalue weighted by atomic mass is 10.2. The fraction of sp³-hybridized carbons (Fsp3) is 0.550. The Balaban J connectivity index is 1.34. The Morgan fingerprint density at radius 3 is 2.75 bits per heavy atom. The Hall–Kier alpha value is -2.12. The summed E-state index contributed by atoms with van der Waals surface area (Å²) < 4.78 is 3.43. The molecule has 0 N–H and O–H groups in total. The SMILES string of the molecule is O=C(c1cccc(Cl)c1)N1CCCN(CCn2nc3n(c2=O)CCCC3)CC1. The van der Waals surface area contributed by atoms with Gasteiger partial charge in [0, 0.05) is 49.7 Å². The van der Waals surface area contributed by atoms with Gasteiger partial charge >= 0.3 is 5.69 Å². The van der Waals surface area contributed by atoms with Gasteiger partial charge in [0.05, 0.1) is 6.54 Å². The number of hydrogen-bond donors (Lipinski definition) is 0. The third kappa shape index (κ3) is 4.15. The maximum atomic E-state index is 12.7. The van der Waals surface area contributed by atoms with Crippen molar-refractivity contribution in [3.05, 3.63) is 51.2 Å². The highest BCUT2D eigenvalue weighted by atomic mass is 35.5. The maximum Gasteiger partial charge on any atom is 0.345 e. The summed E-state index contributed by atoms with van der Waals surface area (Å²) in [6.45, 7) is 5.30. The molecule has 1 aromatic heterocycles. The van der Waals surface area contributed by atoms with Crippen LogP contribution in [0.2, 0.25) is 5.02 Å². The molecule has 0 bridgehead atoms. The van der Waals surface area contributed by atoms with E-state index in [-0.39, 0.29) is 11.6 Å². The molecule has 8 heteroatoms. The van der Waals surface area contributed by atoms with E-state index >= 15 is 0 Å².